The Labute approximate surface area is 86.5 Å². The lowest BCUT2D eigenvalue weighted by atomic mass is 9.96. The Hall–Kier alpha value is -0.810. The number of hydrogen-bond donors (Lipinski definition) is 0. The van der Waals surface area contributed by atoms with Gasteiger partial charge in [-0.1, -0.05) is 35.0 Å². The van der Waals surface area contributed by atoms with Crippen LogP contribution >= 0.6 is 15.9 Å². The summed E-state index contributed by atoms with van der Waals surface area (Å²) in [5, 5.41) is 8.80. The second kappa shape index (κ2) is 2.85. The molecular weight excluding hydrogens is 226 g/mol. The minimum Gasteiger partial charge on any atom is -0.198 e. The molecule has 0 amide bonds. The first-order chi connectivity index (χ1) is 6.16. The molecule has 13 heavy (non-hydrogen) atoms. The van der Waals surface area contributed by atoms with Crippen molar-refractivity contribution in [1.29, 1.82) is 5.26 Å². The van der Waals surface area contributed by atoms with Crippen LogP contribution < -0.4 is 0 Å². The summed E-state index contributed by atoms with van der Waals surface area (Å²) in [6.07, 6.45) is 1.01. The summed E-state index contributed by atoms with van der Waals surface area (Å²) in [7, 11) is 0. The molecule has 0 aliphatic heterocycles. The molecule has 0 N–H and O–H groups in total. The van der Waals surface area contributed by atoms with Crippen LogP contribution in [0.15, 0.2) is 28.7 Å². The first-order valence-electron chi connectivity index (χ1n) is 4.32. The van der Waals surface area contributed by atoms with Crippen molar-refractivity contribution in [2.24, 2.45) is 5.92 Å². The molecule has 0 aromatic heterocycles. The largest absolute Gasteiger partial charge is 0.198 e. The van der Waals surface area contributed by atoms with Crippen molar-refractivity contribution in [3.63, 3.8) is 0 Å². The Bertz CT molecular complexity index is 363. The minimum atomic E-state index is 0.120. The molecule has 1 aliphatic carbocycles. The molecule has 0 bridgehead atoms. The third-order valence-electron chi connectivity index (χ3n) is 2.90. The van der Waals surface area contributed by atoms with E-state index in [1.165, 1.54) is 5.56 Å². The summed E-state index contributed by atoms with van der Waals surface area (Å²) in [5.74, 6) is 0.216. The standard InChI is InChI=1S/C11H10BrN/c1-11(6-9(11)7-13)8-2-4-10(12)5-3-8/h2-5,9H,6H2,1H3. The molecule has 2 atom stereocenters. The molecule has 0 radical (unpaired) electrons. The van der Waals surface area contributed by atoms with Crippen LogP contribution in [0.1, 0.15) is 18.9 Å². The number of nitriles is 1. The van der Waals surface area contributed by atoms with Crippen molar-refractivity contribution in [3.8, 4) is 6.07 Å². The molecule has 2 rings (SSSR count). The molecule has 2 unspecified atom stereocenters. The van der Waals surface area contributed by atoms with E-state index in [1.807, 2.05) is 12.1 Å². The fourth-order valence-corrected chi connectivity index (χ4v) is 1.97. The number of hydrogen-bond acceptors (Lipinski definition) is 1. The Morgan fingerprint density at radius 1 is 1.46 bits per heavy atom. The van der Waals surface area contributed by atoms with Crippen LogP contribution in [0.25, 0.3) is 0 Å². The molecule has 1 aromatic rings. The highest BCUT2D eigenvalue weighted by atomic mass is 79.9. The number of benzene rings is 1. The van der Waals surface area contributed by atoms with Crippen molar-refractivity contribution in [2.45, 2.75) is 18.8 Å². The first-order valence-corrected chi connectivity index (χ1v) is 5.12. The Kier molecular flexibility index (Phi) is 1.92. The van der Waals surface area contributed by atoms with Gasteiger partial charge in [0.2, 0.25) is 0 Å². The van der Waals surface area contributed by atoms with Crippen LogP contribution in [-0.2, 0) is 5.41 Å². The van der Waals surface area contributed by atoms with E-state index in [2.05, 4.69) is 41.1 Å². The van der Waals surface area contributed by atoms with Gasteiger partial charge in [-0.15, -0.1) is 0 Å². The highest BCUT2D eigenvalue weighted by Crippen LogP contribution is 2.53. The molecular formula is C11H10BrN. The van der Waals surface area contributed by atoms with Crippen LogP contribution in [0, 0.1) is 17.2 Å². The zero-order valence-electron chi connectivity index (χ0n) is 7.42. The van der Waals surface area contributed by atoms with Gasteiger partial charge in [-0.2, -0.15) is 5.26 Å². The summed E-state index contributed by atoms with van der Waals surface area (Å²) in [6.45, 7) is 2.16. The van der Waals surface area contributed by atoms with E-state index in [1.54, 1.807) is 0 Å². The van der Waals surface area contributed by atoms with E-state index >= 15 is 0 Å². The van der Waals surface area contributed by atoms with E-state index in [0.717, 1.165) is 10.9 Å². The van der Waals surface area contributed by atoms with Gasteiger partial charge in [-0.05, 0) is 24.1 Å². The van der Waals surface area contributed by atoms with Crippen LogP contribution in [-0.4, -0.2) is 0 Å². The predicted octanol–water partition coefficient (Wildman–Crippen LogP) is 3.25. The molecule has 1 aliphatic rings. The molecule has 1 aromatic carbocycles. The van der Waals surface area contributed by atoms with Gasteiger partial charge in [0.05, 0.1) is 12.0 Å². The van der Waals surface area contributed by atoms with Crippen LogP contribution in [0.5, 0.6) is 0 Å². The predicted molar refractivity (Wildman–Crippen MR) is 55.2 cm³/mol. The van der Waals surface area contributed by atoms with Crippen LogP contribution in [0.3, 0.4) is 0 Å². The zero-order valence-corrected chi connectivity index (χ0v) is 9.01. The quantitative estimate of drug-likeness (QED) is 0.734. The summed E-state index contributed by atoms with van der Waals surface area (Å²) in [4.78, 5) is 0. The van der Waals surface area contributed by atoms with Crippen molar-refractivity contribution < 1.29 is 0 Å². The van der Waals surface area contributed by atoms with Gasteiger partial charge in [0.15, 0.2) is 0 Å². The first kappa shape index (κ1) is 8.77. The highest BCUT2D eigenvalue weighted by molar-refractivity contribution is 9.10. The summed E-state index contributed by atoms with van der Waals surface area (Å²) in [6, 6.07) is 10.6. The van der Waals surface area contributed by atoms with Gasteiger partial charge in [-0.3, -0.25) is 0 Å². The van der Waals surface area contributed by atoms with Crippen LogP contribution in [0.4, 0.5) is 0 Å². The molecule has 66 valence electrons. The minimum absolute atomic E-state index is 0.120. The van der Waals surface area contributed by atoms with Crippen molar-refractivity contribution >= 4 is 15.9 Å². The van der Waals surface area contributed by atoms with E-state index in [9.17, 15) is 0 Å². The second-order valence-corrected chi connectivity index (χ2v) is 4.73. The summed E-state index contributed by atoms with van der Waals surface area (Å²) >= 11 is 3.40. The third kappa shape index (κ3) is 1.38. The van der Waals surface area contributed by atoms with E-state index in [-0.39, 0.29) is 11.3 Å². The van der Waals surface area contributed by atoms with Crippen molar-refractivity contribution in [2.75, 3.05) is 0 Å². The van der Waals surface area contributed by atoms with E-state index in [4.69, 9.17) is 5.26 Å². The topological polar surface area (TPSA) is 23.8 Å². The van der Waals surface area contributed by atoms with Gasteiger partial charge in [0.1, 0.15) is 0 Å². The molecule has 0 heterocycles. The Morgan fingerprint density at radius 2 is 2.08 bits per heavy atom. The monoisotopic (exact) mass is 235 g/mol. The summed E-state index contributed by atoms with van der Waals surface area (Å²) in [5.41, 5.74) is 1.40. The second-order valence-electron chi connectivity index (χ2n) is 3.81. The lowest BCUT2D eigenvalue weighted by molar-refractivity contribution is 0.741. The lowest BCUT2D eigenvalue weighted by Gasteiger charge is -2.08. The van der Waals surface area contributed by atoms with Gasteiger partial charge in [0, 0.05) is 9.89 Å². The molecule has 1 saturated carbocycles. The smallest absolute Gasteiger partial charge is 0.0665 e. The average molecular weight is 236 g/mol. The van der Waals surface area contributed by atoms with Crippen LogP contribution in [0.2, 0.25) is 0 Å². The number of nitrogens with zero attached hydrogens (tertiary/aromatic N) is 1. The summed E-state index contributed by atoms with van der Waals surface area (Å²) < 4.78 is 1.09. The van der Waals surface area contributed by atoms with Crippen molar-refractivity contribution in [1.82, 2.24) is 0 Å². The molecule has 0 saturated heterocycles. The Balaban J connectivity index is 2.29. The molecule has 2 heteroatoms. The molecule has 1 nitrogen and oxygen atoms in total. The maximum atomic E-state index is 8.80. The van der Waals surface area contributed by atoms with Gasteiger partial charge < -0.3 is 0 Å². The van der Waals surface area contributed by atoms with Gasteiger partial charge in [-0.25, -0.2) is 0 Å². The number of rotatable bonds is 1. The number of halogens is 1. The fourth-order valence-electron chi connectivity index (χ4n) is 1.70. The van der Waals surface area contributed by atoms with Gasteiger partial charge in [0.25, 0.3) is 0 Å². The normalized spacial score (nSPS) is 31.0. The average Bonchev–Trinajstić information content (AvgIpc) is 2.80. The van der Waals surface area contributed by atoms with Crippen molar-refractivity contribution in [3.05, 3.63) is 34.3 Å². The SMILES string of the molecule is CC1(c2ccc(Br)cc2)CC1C#N. The zero-order chi connectivity index (χ0) is 9.47. The van der Waals surface area contributed by atoms with Gasteiger partial charge >= 0.3 is 0 Å². The fraction of sp³-hybridized carbons (Fsp3) is 0.364. The Morgan fingerprint density at radius 3 is 2.54 bits per heavy atom. The maximum absolute atomic E-state index is 8.80. The highest BCUT2D eigenvalue weighted by Gasteiger charge is 2.51. The lowest BCUT2D eigenvalue weighted by Crippen LogP contribution is -2.02. The molecule has 1 fully saturated rings. The van der Waals surface area contributed by atoms with E-state index < -0.39 is 0 Å². The third-order valence-corrected chi connectivity index (χ3v) is 3.43. The van der Waals surface area contributed by atoms with E-state index in [0.29, 0.717) is 0 Å². The maximum Gasteiger partial charge on any atom is 0.0665 e. The molecule has 0 spiro atoms.